The highest BCUT2D eigenvalue weighted by Gasteiger charge is 2.44. The Morgan fingerprint density at radius 1 is 0.957 bits per heavy atom. The van der Waals surface area contributed by atoms with Crippen LogP contribution in [0.4, 0.5) is 0 Å². The molecule has 0 saturated heterocycles. The average Bonchev–Trinajstić information content (AvgIpc) is 2.93. The number of aromatic amines is 1. The summed E-state index contributed by atoms with van der Waals surface area (Å²) in [6.45, 7) is 4.10. The number of aromatic nitrogens is 1. The average molecular weight is 447 g/mol. The molecule has 1 heterocycles. The van der Waals surface area contributed by atoms with Crippen LogP contribution in [0, 0.1) is 0 Å². The predicted octanol–water partition coefficient (Wildman–Crippen LogP) is 4.34. The van der Waals surface area contributed by atoms with Crippen LogP contribution < -0.4 is 0 Å². The molecule has 2 atom stereocenters. The van der Waals surface area contributed by atoms with E-state index in [1.807, 2.05) is 0 Å². The maximum Gasteiger partial charge on any atom is 0.355 e. The summed E-state index contributed by atoms with van der Waals surface area (Å²) in [5, 5.41) is 0. The monoisotopic (exact) mass is 445 g/mol. The van der Waals surface area contributed by atoms with E-state index < -0.39 is 11.9 Å². The molecule has 7 heteroatoms. The highest BCUT2D eigenvalue weighted by molar-refractivity contribution is 9.14. The van der Waals surface area contributed by atoms with Gasteiger partial charge < -0.3 is 14.5 Å². The number of ether oxygens (including phenoxy) is 2. The van der Waals surface area contributed by atoms with Gasteiger partial charge in [-0.15, -0.1) is 0 Å². The van der Waals surface area contributed by atoms with E-state index in [9.17, 15) is 9.59 Å². The lowest BCUT2D eigenvalue weighted by atomic mass is 9.71. The summed E-state index contributed by atoms with van der Waals surface area (Å²) in [6, 6.07) is 0. The van der Waals surface area contributed by atoms with Crippen molar-refractivity contribution in [2.45, 2.75) is 38.5 Å². The van der Waals surface area contributed by atoms with Crippen molar-refractivity contribution in [3.05, 3.63) is 31.5 Å². The fraction of sp³-hybridized carbons (Fsp3) is 0.500. The van der Waals surface area contributed by atoms with Crippen LogP contribution in [-0.4, -0.2) is 30.1 Å². The second-order valence-electron chi connectivity index (χ2n) is 5.52. The first-order valence-electron chi connectivity index (χ1n) is 7.66. The molecule has 0 spiro atoms. The summed E-state index contributed by atoms with van der Waals surface area (Å²) >= 11 is 7.26. The van der Waals surface area contributed by atoms with Gasteiger partial charge in [-0.25, -0.2) is 9.59 Å². The van der Waals surface area contributed by atoms with Gasteiger partial charge in [0.25, 0.3) is 0 Å². The summed E-state index contributed by atoms with van der Waals surface area (Å²) in [7, 11) is 0. The number of halogens is 2. The molecule has 0 amide bonds. The van der Waals surface area contributed by atoms with Crippen LogP contribution in [-0.2, 0) is 9.47 Å². The molecular formula is C16H17Br2NO4. The molecule has 23 heavy (non-hydrogen) atoms. The lowest BCUT2D eigenvalue weighted by Gasteiger charge is -2.37. The zero-order chi connectivity index (χ0) is 16.7. The van der Waals surface area contributed by atoms with Crippen molar-refractivity contribution in [1.29, 1.82) is 0 Å². The molecule has 0 aromatic carbocycles. The van der Waals surface area contributed by atoms with Gasteiger partial charge in [0.2, 0.25) is 0 Å². The number of rotatable bonds is 4. The number of H-pyrrole nitrogens is 1. The second kappa shape index (κ2) is 6.43. The Morgan fingerprint density at radius 3 is 1.70 bits per heavy atom. The van der Waals surface area contributed by atoms with Crippen molar-refractivity contribution < 1.29 is 19.1 Å². The second-order valence-corrected chi connectivity index (χ2v) is 7.23. The van der Waals surface area contributed by atoms with Gasteiger partial charge in [0, 0.05) is 20.8 Å². The fourth-order valence-electron chi connectivity index (χ4n) is 3.44. The lowest BCUT2D eigenvalue weighted by molar-refractivity contribution is 0.0515. The van der Waals surface area contributed by atoms with E-state index in [1.54, 1.807) is 13.8 Å². The summed E-state index contributed by atoms with van der Waals surface area (Å²) < 4.78 is 12.4. The van der Waals surface area contributed by atoms with Crippen molar-refractivity contribution in [3.63, 3.8) is 0 Å². The van der Waals surface area contributed by atoms with Crippen molar-refractivity contribution in [3.8, 4) is 0 Å². The number of esters is 2. The molecule has 3 aliphatic carbocycles. The summed E-state index contributed by atoms with van der Waals surface area (Å²) in [6.07, 6.45) is 1.86. The number of nitrogens with one attached hydrogen (secondary N) is 1. The Labute approximate surface area is 151 Å². The Hall–Kier alpha value is -1.08. The van der Waals surface area contributed by atoms with Gasteiger partial charge in [-0.2, -0.15) is 0 Å². The van der Waals surface area contributed by atoms with Gasteiger partial charge in [0.1, 0.15) is 11.4 Å². The van der Waals surface area contributed by atoms with Crippen LogP contribution in [0.5, 0.6) is 0 Å². The Balaban J connectivity index is 2.17. The maximum absolute atomic E-state index is 12.3. The number of carbonyl (C=O) groups is 2. The summed E-state index contributed by atoms with van der Waals surface area (Å²) in [5.74, 6) is -0.738. The SMILES string of the molecule is CCOC(=O)c1[nH]c(C(=O)OCC)c2c1C1CCC2C(Br)=C1Br. The molecule has 3 aliphatic rings. The molecule has 0 aliphatic heterocycles. The highest BCUT2D eigenvalue weighted by Crippen LogP contribution is 2.58. The maximum atomic E-state index is 12.3. The number of hydrogen-bond donors (Lipinski definition) is 1. The largest absolute Gasteiger partial charge is 0.461 e. The molecule has 0 radical (unpaired) electrons. The number of hydrogen-bond acceptors (Lipinski definition) is 4. The van der Waals surface area contributed by atoms with Crippen LogP contribution in [0.25, 0.3) is 0 Å². The number of fused-ring (bicyclic) bond motifs is 1. The smallest absolute Gasteiger partial charge is 0.355 e. The zero-order valence-corrected chi connectivity index (χ0v) is 16.0. The first-order valence-corrected chi connectivity index (χ1v) is 9.24. The third-order valence-corrected chi connectivity index (χ3v) is 6.81. The van der Waals surface area contributed by atoms with Crippen molar-refractivity contribution in [2.24, 2.45) is 0 Å². The van der Waals surface area contributed by atoms with E-state index in [0.717, 1.165) is 32.9 Å². The van der Waals surface area contributed by atoms with Crippen molar-refractivity contribution >= 4 is 43.8 Å². The Kier molecular flexibility index (Phi) is 4.69. The third-order valence-electron chi connectivity index (χ3n) is 4.32. The minimum Gasteiger partial charge on any atom is -0.461 e. The molecule has 5 nitrogen and oxygen atoms in total. The van der Waals surface area contributed by atoms with E-state index in [4.69, 9.17) is 9.47 Å². The molecule has 1 N–H and O–H groups in total. The van der Waals surface area contributed by atoms with E-state index in [0.29, 0.717) is 11.4 Å². The van der Waals surface area contributed by atoms with Crippen molar-refractivity contribution in [1.82, 2.24) is 4.98 Å². The van der Waals surface area contributed by atoms with Crippen LogP contribution in [0.2, 0.25) is 0 Å². The van der Waals surface area contributed by atoms with Gasteiger partial charge >= 0.3 is 11.9 Å². The van der Waals surface area contributed by atoms with Gasteiger partial charge in [-0.3, -0.25) is 0 Å². The predicted molar refractivity (Wildman–Crippen MR) is 92.3 cm³/mol. The molecule has 1 aromatic rings. The molecular weight excluding hydrogens is 430 g/mol. The normalized spacial score (nSPS) is 22.1. The van der Waals surface area contributed by atoms with Crippen LogP contribution in [0.3, 0.4) is 0 Å². The van der Waals surface area contributed by atoms with E-state index >= 15 is 0 Å². The first-order chi connectivity index (χ1) is 11.0. The lowest BCUT2D eigenvalue weighted by Crippen LogP contribution is -2.24. The van der Waals surface area contributed by atoms with Crippen LogP contribution in [0.1, 0.15) is 70.6 Å². The van der Waals surface area contributed by atoms with Crippen LogP contribution in [0.15, 0.2) is 8.96 Å². The standard InChI is InChI=1S/C16H17Br2NO4/c1-3-22-15(20)13-9-7-5-6-8(12(18)11(7)17)10(9)14(19-13)16(21)23-4-2/h7-8,19H,3-6H2,1-2H3. The van der Waals surface area contributed by atoms with Gasteiger partial charge in [0.15, 0.2) is 0 Å². The molecule has 0 fully saturated rings. The van der Waals surface area contributed by atoms with Gasteiger partial charge in [-0.05, 0) is 37.8 Å². The van der Waals surface area contributed by atoms with Crippen molar-refractivity contribution in [2.75, 3.05) is 13.2 Å². The fourth-order valence-corrected chi connectivity index (χ4v) is 4.91. The quantitative estimate of drug-likeness (QED) is 0.698. The Bertz CT molecular complexity index is 651. The molecule has 4 rings (SSSR count). The molecule has 2 bridgehead atoms. The van der Waals surface area contributed by atoms with Gasteiger partial charge in [-0.1, -0.05) is 31.9 Å². The summed E-state index contributed by atoms with van der Waals surface area (Å²) in [5.41, 5.74) is 2.49. The van der Waals surface area contributed by atoms with E-state index in [1.165, 1.54) is 0 Å². The number of allylic oxidation sites excluding steroid dienone is 2. The minimum atomic E-state index is -0.428. The van der Waals surface area contributed by atoms with Gasteiger partial charge in [0.05, 0.1) is 13.2 Å². The zero-order valence-electron chi connectivity index (χ0n) is 12.9. The number of carbonyl (C=O) groups excluding carboxylic acids is 2. The van der Waals surface area contributed by atoms with E-state index in [2.05, 4.69) is 36.8 Å². The molecule has 1 aromatic heterocycles. The highest BCUT2D eigenvalue weighted by atomic mass is 79.9. The third kappa shape index (κ3) is 2.58. The molecule has 124 valence electrons. The first kappa shape index (κ1) is 16.8. The van der Waals surface area contributed by atoms with Crippen LogP contribution >= 0.6 is 31.9 Å². The summed E-state index contributed by atoms with van der Waals surface area (Å²) in [4.78, 5) is 27.6. The topological polar surface area (TPSA) is 68.4 Å². The molecule has 0 saturated carbocycles. The minimum absolute atomic E-state index is 0.0585. The Morgan fingerprint density at radius 2 is 1.35 bits per heavy atom. The molecule has 2 unspecified atom stereocenters. The van der Waals surface area contributed by atoms with E-state index in [-0.39, 0.29) is 25.0 Å².